The van der Waals surface area contributed by atoms with Gasteiger partial charge in [-0.05, 0) is 30.7 Å². The molecule has 0 aromatic heterocycles. The quantitative estimate of drug-likeness (QED) is 0.505. The number of hydrogen-bond donors (Lipinski definition) is 0. The third-order valence-corrected chi connectivity index (χ3v) is 1.06. The Kier molecular flexibility index (Phi) is 1.16. The van der Waals surface area contributed by atoms with E-state index in [9.17, 15) is 8.78 Å². The van der Waals surface area contributed by atoms with E-state index in [4.69, 9.17) is 1.37 Å². The Bertz CT molecular complexity index is 208. The third-order valence-electron chi connectivity index (χ3n) is 1.06. The Labute approximate surface area is 53.5 Å². The van der Waals surface area contributed by atoms with Crippen molar-refractivity contribution < 1.29 is 10.2 Å². The van der Waals surface area contributed by atoms with E-state index in [-0.39, 0.29) is 5.56 Å². The highest BCUT2D eigenvalue weighted by atomic mass is 19.1. The van der Waals surface area contributed by atoms with Crippen molar-refractivity contribution in [3.05, 3.63) is 35.4 Å². The van der Waals surface area contributed by atoms with Crippen molar-refractivity contribution in [3.8, 4) is 0 Å². The lowest BCUT2D eigenvalue weighted by Gasteiger charge is -1.92. The van der Waals surface area contributed by atoms with Gasteiger partial charge in [0.15, 0.2) is 0 Å². The maximum Gasteiger partial charge on any atom is 0.126 e. The van der Waals surface area contributed by atoms with Crippen molar-refractivity contribution in [3.63, 3.8) is 0 Å². The van der Waals surface area contributed by atoms with E-state index in [0.717, 1.165) is 12.1 Å². The lowest BCUT2D eigenvalue weighted by atomic mass is 10.2. The minimum Gasteiger partial charge on any atom is -0.207 e. The summed E-state index contributed by atoms with van der Waals surface area (Å²) in [7, 11) is 0. The van der Waals surface area contributed by atoms with Gasteiger partial charge in [-0.1, -0.05) is 0 Å². The van der Waals surface area contributed by atoms with Gasteiger partial charge < -0.3 is 0 Å². The van der Waals surface area contributed by atoms with Gasteiger partial charge in [-0.25, -0.2) is 8.78 Å². The number of hydrogen-bond acceptors (Lipinski definition) is 0. The van der Waals surface area contributed by atoms with Gasteiger partial charge >= 0.3 is 0 Å². The summed E-state index contributed by atoms with van der Waals surface area (Å²) in [5, 5.41) is 0. The van der Waals surface area contributed by atoms with Crippen molar-refractivity contribution in [2.24, 2.45) is 0 Å². The minimum atomic E-state index is -0.682. The highest BCUT2D eigenvalue weighted by Gasteiger charge is 1.95. The molecule has 0 saturated carbocycles. The van der Waals surface area contributed by atoms with Gasteiger partial charge in [0.2, 0.25) is 0 Å². The van der Waals surface area contributed by atoms with E-state index in [2.05, 4.69) is 0 Å². The van der Waals surface area contributed by atoms with Crippen LogP contribution in [0.2, 0.25) is 0 Å². The fourth-order valence-corrected chi connectivity index (χ4v) is 0.547. The summed E-state index contributed by atoms with van der Waals surface area (Å²) in [6.07, 6.45) is 0. The minimum absolute atomic E-state index is 0.230. The molecule has 0 radical (unpaired) electrons. The molecule has 1 aromatic rings. The largest absolute Gasteiger partial charge is 0.207 e. The molecular formula is C7H6F2. The van der Waals surface area contributed by atoms with E-state index < -0.39 is 17.7 Å². The highest BCUT2D eigenvalue weighted by Crippen LogP contribution is 2.06. The van der Waals surface area contributed by atoms with Crippen molar-refractivity contribution in [2.75, 3.05) is 0 Å². The standard InChI is InChI=1S/C7H6F2/c1-5-4-6(8)2-3-7(5)9/h2-4H,1H3/i2T. The Morgan fingerprint density at radius 1 is 1.56 bits per heavy atom. The molecule has 0 aliphatic rings. The first-order valence-corrected chi connectivity index (χ1v) is 2.53. The summed E-state index contributed by atoms with van der Waals surface area (Å²) in [5.41, 5.74) is 0.230. The van der Waals surface area contributed by atoms with Gasteiger partial charge in [0, 0.05) is 0 Å². The summed E-state index contributed by atoms with van der Waals surface area (Å²) < 4.78 is 31.7. The van der Waals surface area contributed by atoms with Gasteiger partial charge in [-0.2, -0.15) is 0 Å². The number of halogens is 2. The zero-order chi connectivity index (χ0) is 7.72. The van der Waals surface area contributed by atoms with Crippen molar-refractivity contribution in [1.29, 1.82) is 0 Å². The van der Waals surface area contributed by atoms with Crippen molar-refractivity contribution in [1.82, 2.24) is 0 Å². The van der Waals surface area contributed by atoms with Crippen LogP contribution in [0.15, 0.2) is 18.2 Å². The van der Waals surface area contributed by atoms with Gasteiger partial charge in [0.05, 0.1) is 1.37 Å². The molecule has 9 heavy (non-hydrogen) atoms. The average Bonchev–Trinajstić information content (AvgIpc) is 1.84. The topological polar surface area (TPSA) is 0 Å². The molecule has 0 unspecified atom stereocenters. The maximum atomic E-state index is 12.5. The second-order valence-corrected chi connectivity index (χ2v) is 1.81. The molecule has 1 rings (SSSR count). The van der Waals surface area contributed by atoms with Gasteiger partial charge in [-0.15, -0.1) is 0 Å². The normalized spacial score (nSPS) is 11.2. The lowest BCUT2D eigenvalue weighted by Crippen LogP contribution is -1.81. The summed E-state index contributed by atoms with van der Waals surface area (Å²) in [6.45, 7) is 1.46. The molecular weight excluding hydrogens is 122 g/mol. The van der Waals surface area contributed by atoms with E-state index in [1.54, 1.807) is 0 Å². The first kappa shape index (κ1) is 4.91. The number of benzene rings is 1. The first-order valence-electron chi connectivity index (χ1n) is 3.03. The molecule has 0 heterocycles. The van der Waals surface area contributed by atoms with E-state index >= 15 is 0 Å². The molecule has 0 nitrogen and oxygen atoms in total. The van der Waals surface area contributed by atoms with Gasteiger partial charge in [0.25, 0.3) is 0 Å². The highest BCUT2D eigenvalue weighted by molar-refractivity contribution is 5.16. The SMILES string of the molecule is [3H]c1cc(F)c(C)cc1F. The molecule has 0 bridgehead atoms. The lowest BCUT2D eigenvalue weighted by molar-refractivity contribution is 0.592. The predicted molar refractivity (Wildman–Crippen MR) is 31.1 cm³/mol. The van der Waals surface area contributed by atoms with Gasteiger partial charge in [0.1, 0.15) is 11.6 Å². The molecule has 0 N–H and O–H groups in total. The maximum absolute atomic E-state index is 12.5. The van der Waals surface area contributed by atoms with Crippen LogP contribution in [0, 0.1) is 18.6 Å². The van der Waals surface area contributed by atoms with Crippen LogP contribution in [0.4, 0.5) is 8.78 Å². The zero-order valence-electron chi connectivity index (χ0n) is 5.91. The van der Waals surface area contributed by atoms with Crippen molar-refractivity contribution in [2.45, 2.75) is 6.92 Å². The fraction of sp³-hybridized carbons (Fsp3) is 0.143. The van der Waals surface area contributed by atoms with Crippen molar-refractivity contribution >= 4 is 0 Å². The summed E-state index contributed by atoms with van der Waals surface area (Å²) >= 11 is 0. The monoisotopic (exact) mass is 130 g/mol. The zero-order valence-corrected chi connectivity index (χ0v) is 4.91. The second-order valence-electron chi connectivity index (χ2n) is 1.81. The first-order chi connectivity index (χ1) is 4.61. The average molecular weight is 130 g/mol. The summed E-state index contributed by atoms with van der Waals surface area (Å²) in [4.78, 5) is 0. The van der Waals surface area contributed by atoms with Crippen LogP contribution in [-0.4, -0.2) is 0 Å². The van der Waals surface area contributed by atoms with Crippen LogP contribution >= 0.6 is 0 Å². The van der Waals surface area contributed by atoms with E-state index in [1.807, 2.05) is 0 Å². The third kappa shape index (κ3) is 1.25. The molecule has 0 saturated heterocycles. The molecule has 0 aliphatic carbocycles. The van der Waals surface area contributed by atoms with Crippen LogP contribution in [0.1, 0.15) is 6.93 Å². The Morgan fingerprint density at radius 3 is 2.78 bits per heavy atom. The van der Waals surface area contributed by atoms with Crippen LogP contribution in [0.25, 0.3) is 0 Å². The molecule has 2 heteroatoms. The van der Waals surface area contributed by atoms with Crippen LogP contribution < -0.4 is 0 Å². The number of rotatable bonds is 0. The molecule has 48 valence electrons. The second kappa shape index (κ2) is 2.13. The molecule has 1 aromatic carbocycles. The smallest absolute Gasteiger partial charge is 0.126 e. The Morgan fingerprint density at radius 2 is 2.22 bits per heavy atom. The van der Waals surface area contributed by atoms with E-state index in [0.29, 0.717) is 0 Å². The van der Waals surface area contributed by atoms with Crippen LogP contribution in [-0.2, 0) is 0 Å². The molecule has 0 spiro atoms. The Hall–Kier alpha value is -0.920. The molecule has 0 atom stereocenters. The molecule has 0 amide bonds. The van der Waals surface area contributed by atoms with Crippen LogP contribution in [0.3, 0.4) is 0 Å². The fourth-order valence-electron chi connectivity index (χ4n) is 0.547. The molecule has 0 fully saturated rings. The van der Waals surface area contributed by atoms with Crippen LogP contribution in [0.5, 0.6) is 0 Å². The predicted octanol–water partition coefficient (Wildman–Crippen LogP) is 2.27. The van der Waals surface area contributed by atoms with E-state index in [1.165, 1.54) is 6.92 Å². The number of aryl methyl sites for hydroxylation is 1. The summed E-state index contributed by atoms with van der Waals surface area (Å²) in [5.74, 6) is -1.22. The summed E-state index contributed by atoms with van der Waals surface area (Å²) in [6, 6.07) is 1.48. The molecule has 0 aliphatic heterocycles. The van der Waals surface area contributed by atoms with Gasteiger partial charge in [-0.3, -0.25) is 0 Å². The Balaban J connectivity index is 3.28.